The van der Waals surface area contributed by atoms with Crippen molar-refractivity contribution in [2.24, 2.45) is 5.41 Å². The Morgan fingerprint density at radius 3 is 2.13 bits per heavy atom. The van der Waals surface area contributed by atoms with Crippen LogP contribution in [-0.2, 0) is 16.1 Å². The van der Waals surface area contributed by atoms with Gasteiger partial charge in [0.15, 0.2) is 17.5 Å². The monoisotopic (exact) mass is 651 g/mol. The molecule has 3 aromatic rings. The van der Waals surface area contributed by atoms with E-state index in [0.29, 0.717) is 56.2 Å². The smallest absolute Gasteiger partial charge is 0.430 e. The molecule has 0 atom stereocenters. The Bertz CT molecular complexity index is 1600. The molecule has 46 heavy (non-hydrogen) atoms. The van der Waals surface area contributed by atoms with Crippen LogP contribution in [-0.4, -0.2) is 60.3 Å². The summed E-state index contributed by atoms with van der Waals surface area (Å²) in [4.78, 5) is 36.8. The summed E-state index contributed by atoms with van der Waals surface area (Å²) in [5.41, 5.74) is 1.89. The molecule has 2 saturated heterocycles. The number of carboxylic acids is 2. The number of hydrogen-bond donors (Lipinski definition) is 1. The number of anilines is 1. The highest BCUT2D eigenvalue weighted by Gasteiger charge is 2.45. The third-order valence-electron chi connectivity index (χ3n) is 8.00. The number of carbonyl (C=O) groups excluding carboxylic acids is 2. The van der Waals surface area contributed by atoms with Crippen molar-refractivity contribution in [2.75, 3.05) is 31.1 Å². The van der Waals surface area contributed by atoms with Crippen LogP contribution in [0.15, 0.2) is 54.6 Å². The molecule has 2 aliphatic rings. The van der Waals surface area contributed by atoms with E-state index in [2.05, 4.69) is 4.90 Å². The van der Waals surface area contributed by atoms with Crippen molar-refractivity contribution in [3.05, 3.63) is 83.2 Å². The Labute approximate surface area is 259 Å². The van der Waals surface area contributed by atoms with Gasteiger partial charge in [-0.05, 0) is 97.9 Å². The number of nitrogens with zero attached hydrogens (tertiary/aromatic N) is 2. The molecule has 2 fully saturated rings. The number of aromatic carboxylic acids is 1. The minimum absolute atomic E-state index is 0.00799. The fraction of sp³-hybridized carbons (Fsp3) is 0.344. The summed E-state index contributed by atoms with van der Waals surface area (Å²) in [6.07, 6.45) is -3.21. The van der Waals surface area contributed by atoms with E-state index < -0.39 is 35.6 Å². The Kier molecular flexibility index (Phi) is 10.3. The maximum atomic E-state index is 14.7. The first-order chi connectivity index (χ1) is 21.6. The predicted molar refractivity (Wildman–Crippen MR) is 151 cm³/mol. The molecule has 14 heteroatoms. The van der Waals surface area contributed by atoms with Crippen molar-refractivity contribution in [1.82, 2.24) is 4.90 Å². The Morgan fingerprint density at radius 2 is 1.57 bits per heavy atom. The van der Waals surface area contributed by atoms with Crippen LogP contribution in [0.4, 0.5) is 32.0 Å². The number of rotatable bonds is 7. The average molecular weight is 652 g/mol. The van der Waals surface area contributed by atoms with E-state index in [9.17, 15) is 35.9 Å². The van der Waals surface area contributed by atoms with Crippen molar-refractivity contribution in [1.29, 1.82) is 0 Å². The minimum Gasteiger partial charge on any atom is -0.542 e. The Balaban J connectivity index is 0.000000617. The molecule has 1 amide bonds. The van der Waals surface area contributed by atoms with E-state index in [-0.39, 0.29) is 22.4 Å². The molecule has 0 saturated carbocycles. The molecule has 0 aromatic heterocycles. The molecular formula is C32H29F6N2O6-. The van der Waals surface area contributed by atoms with Gasteiger partial charge in [0.25, 0.3) is 0 Å². The lowest BCUT2D eigenvalue weighted by molar-refractivity contribution is -0.344. The fourth-order valence-electron chi connectivity index (χ4n) is 5.63. The SMILES string of the molecule is CCOc1ccc(-c2ccc(F)c(F)c2F)c(CN2CCC3(CC2)CC(=O)N(c2ccc(C(=O)O)cc2)C3)c1.O=C([O-])C(F)(F)F. The third-order valence-corrected chi connectivity index (χ3v) is 8.00. The van der Waals surface area contributed by atoms with E-state index >= 15 is 0 Å². The van der Waals surface area contributed by atoms with Gasteiger partial charge in [0.2, 0.25) is 5.91 Å². The molecule has 5 rings (SSSR count). The van der Waals surface area contributed by atoms with E-state index in [0.717, 1.165) is 24.5 Å². The molecule has 0 aliphatic carbocycles. The first kappa shape index (κ1) is 34.3. The normalized spacial score (nSPS) is 16.2. The first-order valence-corrected chi connectivity index (χ1v) is 14.2. The molecule has 246 valence electrons. The maximum Gasteiger partial charge on any atom is 0.430 e. The number of benzene rings is 3. The van der Waals surface area contributed by atoms with Gasteiger partial charge in [-0.2, -0.15) is 13.2 Å². The Morgan fingerprint density at radius 1 is 0.957 bits per heavy atom. The highest BCUT2D eigenvalue weighted by molar-refractivity contribution is 5.97. The van der Waals surface area contributed by atoms with Gasteiger partial charge in [0, 0.05) is 30.8 Å². The van der Waals surface area contributed by atoms with Crippen molar-refractivity contribution in [3.63, 3.8) is 0 Å². The van der Waals surface area contributed by atoms with Crippen LogP contribution < -0.4 is 14.7 Å². The zero-order chi connectivity index (χ0) is 33.8. The van der Waals surface area contributed by atoms with Crippen LogP contribution in [0.25, 0.3) is 11.1 Å². The highest BCUT2D eigenvalue weighted by Crippen LogP contribution is 2.43. The summed E-state index contributed by atoms with van der Waals surface area (Å²) in [6.45, 7) is 4.75. The van der Waals surface area contributed by atoms with E-state index in [1.807, 2.05) is 13.0 Å². The molecule has 3 aromatic carbocycles. The van der Waals surface area contributed by atoms with Crippen molar-refractivity contribution < 1.29 is 55.7 Å². The number of halogens is 6. The van der Waals surface area contributed by atoms with Gasteiger partial charge in [-0.15, -0.1) is 0 Å². The van der Waals surface area contributed by atoms with Gasteiger partial charge < -0.3 is 24.6 Å². The third kappa shape index (κ3) is 7.79. The number of piperidine rings is 1. The minimum atomic E-state index is -5.19. The lowest BCUT2D eigenvalue weighted by Crippen LogP contribution is -2.41. The number of hydrogen-bond acceptors (Lipinski definition) is 6. The molecule has 0 unspecified atom stereocenters. The summed E-state index contributed by atoms with van der Waals surface area (Å²) in [7, 11) is 0. The molecule has 0 radical (unpaired) electrons. The first-order valence-electron chi connectivity index (χ1n) is 14.2. The summed E-state index contributed by atoms with van der Waals surface area (Å²) < 4.78 is 79.5. The largest absolute Gasteiger partial charge is 0.542 e. The molecule has 0 bridgehead atoms. The molecule has 1 spiro atoms. The van der Waals surface area contributed by atoms with Crippen molar-refractivity contribution >= 4 is 23.5 Å². The fourth-order valence-corrected chi connectivity index (χ4v) is 5.63. The zero-order valence-electron chi connectivity index (χ0n) is 24.5. The summed E-state index contributed by atoms with van der Waals surface area (Å²) >= 11 is 0. The van der Waals surface area contributed by atoms with Gasteiger partial charge >= 0.3 is 12.1 Å². The van der Waals surface area contributed by atoms with Gasteiger partial charge in [-0.3, -0.25) is 9.69 Å². The van der Waals surface area contributed by atoms with Gasteiger partial charge in [-0.1, -0.05) is 6.07 Å². The number of amides is 1. The number of carbonyl (C=O) groups is 3. The van der Waals surface area contributed by atoms with E-state index in [1.54, 1.807) is 29.2 Å². The second-order valence-corrected chi connectivity index (χ2v) is 11.0. The van der Waals surface area contributed by atoms with Crippen LogP contribution in [0.5, 0.6) is 5.75 Å². The topological polar surface area (TPSA) is 110 Å². The quantitative estimate of drug-likeness (QED) is 0.277. The van der Waals surface area contributed by atoms with Gasteiger partial charge in [0.1, 0.15) is 11.7 Å². The second kappa shape index (κ2) is 13.8. The number of likely N-dealkylation sites (tertiary alicyclic amines) is 1. The standard InChI is InChI=1S/C30H29F3N2O4.C2HF3O2/c1-2-39-22-7-8-23(24-9-10-25(31)28(33)27(24)32)20(15-22)17-34-13-11-30(12-14-34)16-26(36)35(18-30)21-5-3-19(4-6-21)29(37)38;3-2(4,5)1(6)7/h3-10,15H,2,11-14,16-18H2,1H3,(H,37,38);(H,6,7)/p-1. The zero-order valence-corrected chi connectivity index (χ0v) is 24.5. The molecule has 8 nitrogen and oxygen atoms in total. The summed E-state index contributed by atoms with van der Waals surface area (Å²) in [5.74, 6) is -7.35. The van der Waals surface area contributed by atoms with Crippen molar-refractivity contribution in [3.8, 4) is 16.9 Å². The lowest BCUT2D eigenvalue weighted by atomic mass is 9.77. The van der Waals surface area contributed by atoms with Gasteiger partial charge in [-0.25, -0.2) is 18.0 Å². The molecule has 2 aliphatic heterocycles. The number of ether oxygens (including phenoxy) is 1. The van der Waals surface area contributed by atoms with E-state index in [4.69, 9.17) is 19.7 Å². The van der Waals surface area contributed by atoms with Crippen LogP contribution in [0.3, 0.4) is 0 Å². The summed E-state index contributed by atoms with van der Waals surface area (Å²) in [6, 6.07) is 13.7. The molecule has 2 heterocycles. The lowest BCUT2D eigenvalue weighted by Gasteiger charge is -2.39. The van der Waals surface area contributed by atoms with Gasteiger partial charge in [0.05, 0.1) is 12.2 Å². The second-order valence-electron chi connectivity index (χ2n) is 11.0. The van der Waals surface area contributed by atoms with Crippen LogP contribution in [0.1, 0.15) is 42.1 Å². The molecular weight excluding hydrogens is 622 g/mol. The number of alkyl halides is 3. The highest BCUT2D eigenvalue weighted by atomic mass is 19.4. The van der Waals surface area contributed by atoms with Crippen LogP contribution >= 0.6 is 0 Å². The average Bonchev–Trinajstić information content (AvgIpc) is 3.33. The predicted octanol–water partition coefficient (Wildman–Crippen LogP) is 5.19. The maximum absolute atomic E-state index is 14.7. The molecule has 1 N–H and O–H groups in total. The van der Waals surface area contributed by atoms with Crippen LogP contribution in [0.2, 0.25) is 0 Å². The van der Waals surface area contributed by atoms with Crippen molar-refractivity contribution in [2.45, 2.75) is 38.9 Å². The Hall–Kier alpha value is -4.59. The van der Waals surface area contributed by atoms with Crippen LogP contribution in [0, 0.1) is 22.9 Å². The number of aliphatic carboxylic acids is 1. The van der Waals surface area contributed by atoms with E-state index in [1.165, 1.54) is 18.2 Å². The summed E-state index contributed by atoms with van der Waals surface area (Å²) in [5, 5.41) is 17.9. The number of carboxylic acid groups (broad SMARTS) is 2.